The number of benzene rings is 2. The number of nitrogens with zero attached hydrogens (tertiary/aromatic N) is 1. The molecular weight excluding hydrogens is 390 g/mol. The van der Waals surface area contributed by atoms with Crippen molar-refractivity contribution in [2.45, 2.75) is 39.8 Å². The van der Waals surface area contributed by atoms with Crippen molar-refractivity contribution in [3.05, 3.63) is 104 Å². The topological polar surface area (TPSA) is 63.7 Å². The van der Waals surface area contributed by atoms with E-state index in [4.69, 9.17) is 8.83 Å². The molecule has 0 saturated heterocycles. The van der Waals surface area contributed by atoms with E-state index < -0.39 is 6.04 Å². The highest BCUT2D eigenvalue weighted by molar-refractivity contribution is 5.99. The molecule has 4 aromatic rings. The molecule has 1 amide bonds. The van der Waals surface area contributed by atoms with E-state index in [0.29, 0.717) is 22.3 Å². The Balaban J connectivity index is 1.75. The third-order valence-electron chi connectivity index (χ3n) is 6.02. The SMILES string of the molecule is CCc1ccc(C2c3c(oc4cc(C)cc(C)c4c3=O)C(=O)N2Cc2ccco2)cc1. The van der Waals surface area contributed by atoms with Crippen LogP contribution in [-0.4, -0.2) is 10.8 Å². The van der Waals surface area contributed by atoms with Crippen LogP contribution in [0.1, 0.15) is 57.1 Å². The summed E-state index contributed by atoms with van der Waals surface area (Å²) in [5.74, 6) is 0.480. The Morgan fingerprint density at radius 2 is 1.81 bits per heavy atom. The molecule has 1 atom stereocenters. The summed E-state index contributed by atoms with van der Waals surface area (Å²) >= 11 is 0. The molecule has 1 aliphatic rings. The summed E-state index contributed by atoms with van der Waals surface area (Å²) in [6.07, 6.45) is 2.50. The molecule has 0 N–H and O–H groups in total. The zero-order valence-corrected chi connectivity index (χ0v) is 17.8. The summed E-state index contributed by atoms with van der Waals surface area (Å²) in [5.41, 5.74) is 4.62. The van der Waals surface area contributed by atoms with E-state index in [2.05, 4.69) is 6.92 Å². The second-order valence-corrected chi connectivity index (χ2v) is 8.14. The first-order chi connectivity index (χ1) is 15.0. The standard InChI is InChI=1S/C26H23NO4/c1-4-17-7-9-18(10-8-17)23-22-24(28)21-16(3)12-15(2)13-20(21)31-25(22)26(29)27(23)14-19-6-5-11-30-19/h5-13,23H,4,14H2,1-3H3. The highest BCUT2D eigenvalue weighted by Crippen LogP contribution is 2.39. The van der Waals surface area contributed by atoms with E-state index in [1.54, 1.807) is 17.2 Å². The van der Waals surface area contributed by atoms with Crippen LogP contribution < -0.4 is 5.43 Å². The summed E-state index contributed by atoms with van der Waals surface area (Å²) in [6.45, 7) is 6.20. The Labute approximate surface area is 179 Å². The molecule has 0 aliphatic carbocycles. The molecule has 1 unspecified atom stereocenters. The molecule has 0 bridgehead atoms. The van der Waals surface area contributed by atoms with Crippen molar-refractivity contribution in [2.24, 2.45) is 0 Å². The normalized spacial score (nSPS) is 15.6. The Bertz CT molecular complexity index is 1350. The lowest BCUT2D eigenvalue weighted by molar-refractivity contribution is 0.0701. The van der Waals surface area contributed by atoms with Crippen LogP contribution in [0.5, 0.6) is 0 Å². The number of furan rings is 1. The number of carbonyl (C=O) groups excluding carboxylic acids is 1. The molecule has 0 spiro atoms. The fourth-order valence-corrected chi connectivity index (χ4v) is 4.53. The van der Waals surface area contributed by atoms with Gasteiger partial charge in [-0.15, -0.1) is 0 Å². The smallest absolute Gasteiger partial charge is 0.291 e. The van der Waals surface area contributed by atoms with Crippen molar-refractivity contribution in [2.75, 3.05) is 0 Å². The first-order valence-corrected chi connectivity index (χ1v) is 10.5. The zero-order chi connectivity index (χ0) is 21.7. The van der Waals surface area contributed by atoms with Crippen LogP contribution in [0, 0.1) is 13.8 Å². The fourth-order valence-electron chi connectivity index (χ4n) is 4.53. The van der Waals surface area contributed by atoms with Gasteiger partial charge in [0.15, 0.2) is 5.43 Å². The van der Waals surface area contributed by atoms with Crippen molar-refractivity contribution in [1.29, 1.82) is 0 Å². The number of hydrogen-bond acceptors (Lipinski definition) is 4. The van der Waals surface area contributed by atoms with Crippen LogP contribution in [0.2, 0.25) is 0 Å². The molecule has 1 aliphatic heterocycles. The van der Waals surface area contributed by atoms with Gasteiger partial charge in [0.1, 0.15) is 11.3 Å². The fraction of sp³-hybridized carbons (Fsp3) is 0.231. The van der Waals surface area contributed by atoms with E-state index in [9.17, 15) is 9.59 Å². The molecule has 0 saturated carbocycles. The van der Waals surface area contributed by atoms with Gasteiger partial charge in [0.05, 0.1) is 29.8 Å². The molecule has 0 fully saturated rings. The van der Waals surface area contributed by atoms with E-state index in [-0.39, 0.29) is 23.6 Å². The molecule has 5 nitrogen and oxygen atoms in total. The first-order valence-electron chi connectivity index (χ1n) is 10.5. The summed E-state index contributed by atoms with van der Waals surface area (Å²) in [4.78, 5) is 28.8. The molecule has 156 valence electrons. The van der Waals surface area contributed by atoms with Gasteiger partial charge in [-0.1, -0.05) is 37.3 Å². The molecular formula is C26H23NO4. The second kappa shape index (κ2) is 7.27. The lowest BCUT2D eigenvalue weighted by Gasteiger charge is -2.24. The maximum Gasteiger partial charge on any atom is 0.291 e. The van der Waals surface area contributed by atoms with Crippen LogP contribution in [0.4, 0.5) is 0 Å². The van der Waals surface area contributed by atoms with Gasteiger partial charge >= 0.3 is 0 Å². The molecule has 31 heavy (non-hydrogen) atoms. The van der Waals surface area contributed by atoms with Crippen LogP contribution in [0.25, 0.3) is 11.0 Å². The third kappa shape index (κ3) is 3.08. The average molecular weight is 413 g/mol. The minimum atomic E-state index is -0.528. The van der Waals surface area contributed by atoms with Crippen LogP contribution >= 0.6 is 0 Å². The maximum atomic E-state index is 13.7. The Morgan fingerprint density at radius 1 is 1.03 bits per heavy atom. The number of rotatable bonds is 4. The van der Waals surface area contributed by atoms with E-state index in [1.165, 1.54) is 5.56 Å². The van der Waals surface area contributed by atoms with Gasteiger partial charge in [-0.3, -0.25) is 9.59 Å². The van der Waals surface area contributed by atoms with Crippen molar-refractivity contribution >= 4 is 16.9 Å². The van der Waals surface area contributed by atoms with Crippen molar-refractivity contribution in [3.8, 4) is 0 Å². The van der Waals surface area contributed by atoms with Gasteiger partial charge in [0, 0.05) is 0 Å². The third-order valence-corrected chi connectivity index (χ3v) is 6.02. The number of amides is 1. The molecule has 5 rings (SSSR count). The number of carbonyl (C=O) groups is 1. The largest absolute Gasteiger partial charge is 0.467 e. The van der Waals surface area contributed by atoms with Crippen LogP contribution in [-0.2, 0) is 13.0 Å². The quantitative estimate of drug-likeness (QED) is 0.455. The molecule has 2 aromatic carbocycles. The Morgan fingerprint density at radius 3 is 2.48 bits per heavy atom. The minimum absolute atomic E-state index is 0.124. The molecule has 5 heteroatoms. The van der Waals surface area contributed by atoms with Crippen molar-refractivity contribution < 1.29 is 13.6 Å². The van der Waals surface area contributed by atoms with Gasteiger partial charge in [-0.05, 0) is 60.7 Å². The van der Waals surface area contributed by atoms with E-state index >= 15 is 0 Å². The first kappa shape index (κ1) is 19.4. The van der Waals surface area contributed by atoms with E-state index in [0.717, 1.165) is 23.1 Å². The predicted molar refractivity (Wildman–Crippen MR) is 118 cm³/mol. The minimum Gasteiger partial charge on any atom is -0.467 e. The summed E-state index contributed by atoms with van der Waals surface area (Å²) in [5, 5.41) is 0.534. The van der Waals surface area contributed by atoms with Crippen LogP contribution in [0.3, 0.4) is 0 Å². The maximum absolute atomic E-state index is 13.7. The van der Waals surface area contributed by atoms with Gasteiger partial charge < -0.3 is 13.7 Å². The second-order valence-electron chi connectivity index (χ2n) is 8.14. The molecule has 3 heterocycles. The van der Waals surface area contributed by atoms with Gasteiger partial charge in [0.2, 0.25) is 5.76 Å². The number of hydrogen-bond donors (Lipinski definition) is 0. The lowest BCUT2D eigenvalue weighted by Crippen LogP contribution is -2.29. The van der Waals surface area contributed by atoms with Crippen molar-refractivity contribution in [3.63, 3.8) is 0 Å². The van der Waals surface area contributed by atoms with E-state index in [1.807, 2.05) is 56.3 Å². The highest BCUT2D eigenvalue weighted by atomic mass is 16.4. The number of fused-ring (bicyclic) bond motifs is 2. The highest BCUT2D eigenvalue weighted by Gasteiger charge is 2.43. The van der Waals surface area contributed by atoms with Crippen LogP contribution in [0.15, 0.2) is 68.4 Å². The average Bonchev–Trinajstić information content (AvgIpc) is 3.35. The summed E-state index contributed by atoms with van der Waals surface area (Å²) in [6, 6.07) is 14.9. The lowest BCUT2D eigenvalue weighted by atomic mass is 9.96. The predicted octanol–water partition coefficient (Wildman–Crippen LogP) is 5.31. The monoisotopic (exact) mass is 413 g/mol. The Kier molecular flexibility index (Phi) is 4.54. The van der Waals surface area contributed by atoms with Gasteiger partial charge in [-0.25, -0.2) is 0 Å². The molecule has 0 radical (unpaired) electrons. The molecule has 2 aromatic heterocycles. The summed E-state index contributed by atoms with van der Waals surface area (Å²) in [7, 11) is 0. The van der Waals surface area contributed by atoms with Crippen molar-refractivity contribution in [1.82, 2.24) is 4.90 Å². The number of aryl methyl sites for hydroxylation is 3. The zero-order valence-electron chi connectivity index (χ0n) is 17.8. The van der Waals surface area contributed by atoms with Gasteiger partial charge in [0.25, 0.3) is 5.91 Å². The Hall–Kier alpha value is -3.60. The summed E-state index contributed by atoms with van der Waals surface area (Å²) < 4.78 is 11.6. The van der Waals surface area contributed by atoms with Gasteiger partial charge in [-0.2, -0.15) is 0 Å².